The first kappa shape index (κ1) is 17.8. The average molecular weight is 382 g/mol. The summed E-state index contributed by atoms with van der Waals surface area (Å²) in [6.45, 7) is 4.49. The highest BCUT2D eigenvalue weighted by Gasteiger charge is 2.22. The van der Waals surface area contributed by atoms with E-state index < -0.39 is 0 Å². The molecule has 1 aliphatic rings. The summed E-state index contributed by atoms with van der Waals surface area (Å²) in [5.41, 5.74) is 2.33. The summed E-state index contributed by atoms with van der Waals surface area (Å²) in [4.78, 5) is 32.0. The molecule has 27 heavy (non-hydrogen) atoms. The van der Waals surface area contributed by atoms with E-state index in [4.69, 9.17) is 0 Å². The predicted molar refractivity (Wildman–Crippen MR) is 107 cm³/mol. The van der Waals surface area contributed by atoms with E-state index in [1.54, 1.807) is 11.3 Å². The topological polar surface area (TPSA) is 68.4 Å². The van der Waals surface area contributed by atoms with Gasteiger partial charge >= 0.3 is 0 Å². The van der Waals surface area contributed by atoms with Gasteiger partial charge in [0.1, 0.15) is 5.69 Å². The molecule has 0 aliphatic carbocycles. The van der Waals surface area contributed by atoms with Crippen LogP contribution in [0.15, 0.2) is 47.2 Å². The lowest BCUT2D eigenvalue weighted by Gasteiger charge is -2.34. The highest BCUT2D eigenvalue weighted by Crippen LogP contribution is 2.14. The van der Waals surface area contributed by atoms with Crippen molar-refractivity contribution in [2.24, 2.45) is 0 Å². The number of carbonyl (C=O) groups excluding carboxylic acids is 2. The average Bonchev–Trinajstić information content (AvgIpc) is 3.37. The third-order valence-corrected chi connectivity index (χ3v) is 5.60. The molecule has 0 spiro atoms. The Balaban J connectivity index is 1.22. The van der Waals surface area contributed by atoms with Gasteiger partial charge in [0.25, 0.3) is 11.8 Å². The summed E-state index contributed by atoms with van der Waals surface area (Å²) in [5.74, 6) is 0.0282. The lowest BCUT2D eigenvalue weighted by atomic mass is 10.2. The maximum atomic E-state index is 12.4. The van der Waals surface area contributed by atoms with Crippen LogP contribution in [0, 0.1) is 0 Å². The summed E-state index contributed by atoms with van der Waals surface area (Å²) < 4.78 is 0. The number of para-hydroxylation sites is 1. The zero-order valence-corrected chi connectivity index (χ0v) is 15.8. The Morgan fingerprint density at radius 2 is 1.93 bits per heavy atom. The van der Waals surface area contributed by atoms with Crippen LogP contribution in [0.2, 0.25) is 0 Å². The quantitative estimate of drug-likeness (QED) is 0.712. The van der Waals surface area contributed by atoms with Gasteiger partial charge in [-0.3, -0.25) is 14.5 Å². The summed E-state index contributed by atoms with van der Waals surface area (Å²) in [6.07, 6.45) is 0. The van der Waals surface area contributed by atoms with E-state index in [1.807, 2.05) is 52.1 Å². The molecule has 1 fully saturated rings. The molecule has 6 nitrogen and oxygen atoms in total. The number of benzene rings is 1. The fourth-order valence-electron chi connectivity index (χ4n) is 3.36. The summed E-state index contributed by atoms with van der Waals surface area (Å²) in [5, 5.41) is 7.84. The SMILES string of the molecule is O=C(NCCN1CCN(C(=O)c2ccsc2)CC1)c1cc2ccccc2[nH]1. The standard InChI is InChI=1S/C20H22N4O2S/c25-19(18-13-15-3-1-2-4-17(15)22-18)21-6-7-23-8-10-24(11-9-23)20(26)16-5-12-27-14-16/h1-5,12-14,22H,6-11H2,(H,21,25). The van der Waals surface area contributed by atoms with Gasteiger partial charge in [-0.25, -0.2) is 0 Å². The fourth-order valence-corrected chi connectivity index (χ4v) is 3.99. The Morgan fingerprint density at radius 1 is 1.11 bits per heavy atom. The van der Waals surface area contributed by atoms with Crippen LogP contribution in [0.4, 0.5) is 0 Å². The molecule has 3 aromatic rings. The van der Waals surface area contributed by atoms with Gasteiger partial charge in [-0.15, -0.1) is 0 Å². The monoisotopic (exact) mass is 382 g/mol. The molecular weight excluding hydrogens is 360 g/mol. The summed E-state index contributed by atoms with van der Waals surface area (Å²) in [7, 11) is 0. The second kappa shape index (κ2) is 7.94. The van der Waals surface area contributed by atoms with Crippen LogP contribution < -0.4 is 5.32 Å². The maximum absolute atomic E-state index is 12.4. The van der Waals surface area contributed by atoms with Crippen molar-refractivity contribution >= 4 is 34.1 Å². The molecule has 1 saturated heterocycles. The van der Waals surface area contributed by atoms with E-state index in [1.165, 1.54) is 0 Å². The number of nitrogens with one attached hydrogen (secondary N) is 2. The smallest absolute Gasteiger partial charge is 0.267 e. The lowest BCUT2D eigenvalue weighted by molar-refractivity contribution is 0.0638. The van der Waals surface area contributed by atoms with Gasteiger partial charge < -0.3 is 15.2 Å². The van der Waals surface area contributed by atoms with E-state index in [0.717, 1.165) is 49.2 Å². The van der Waals surface area contributed by atoms with Crippen LogP contribution in [0.25, 0.3) is 10.9 Å². The first-order valence-corrected chi connectivity index (χ1v) is 10.0. The van der Waals surface area contributed by atoms with Gasteiger partial charge in [0.05, 0.1) is 5.56 Å². The number of H-pyrrole nitrogens is 1. The van der Waals surface area contributed by atoms with Crippen molar-refractivity contribution in [1.29, 1.82) is 0 Å². The minimum Gasteiger partial charge on any atom is -0.351 e. The van der Waals surface area contributed by atoms with Crippen molar-refractivity contribution in [1.82, 2.24) is 20.1 Å². The predicted octanol–water partition coefficient (Wildman–Crippen LogP) is 2.42. The molecule has 2 amide bonds. The normalized spacial score (nSPS) is 15.2. The first-order chi connectivity index (χ1) is 13.2. The molecule has 0 bridgehead atoms. The van der Waals surface area contributed by atoms with E-state index in [9.17, 15) is 9.59 Å². The van der Waals surface area contributed by atoms with Crippen LogP contribution in [0.3, 0.4) is 0 Å². The number of hydrogen-bond donors (Lipinski definition) is 2. The molecule has 0 unspecified atom stereocenters. The third-order valence-electron chi connectivity index (χ3n) is 4.92. The number of carbonyl (C=O) groups is 2. The van der Waals surface area contributed by atoms with Crippen molar-refractivity contribution in [3.63, 3.8) is 0 Å². The van der Waals surface area contributed by atoms with Crippen LogP contribution in [0.1, 0.15) is 20.8 Å². The van der Waals surface area contributed by atoms with Gasteiger partial charge in [-0.2, -0.15) is 11.3 Å². The molecule has 1 aliphatic heterocycles. The molecule has 7 heteroatoms. The maximum Gasteiger partial charge on any atom is 0.267 e. The van der Waals surface area contributed by atoms with Gasteiger partial charge in [0.15, 0.2) is 0 Å². The number of nitrogens with zero attached hydrogens (tertiary/aromatic N) is 2. The van der Waals surface area contributed by atoms with Crippen LogP contribution in [-0.4, -0.2) is 65.9 Å². The summed E-state index contributed by atoms with van der Waals surface area (Å²) in [6, 6.07) is 11.6. The molecule has 140 valence electrons. The number of fused-ring (bicyclic) bond motifs is 1. The Labute approximate surface area is 161 Å². The number of hydrogen-bond acceptors (Lipinski definition) is 4. The van der Waals surface area contributed by atoms with Gasteiger partial charge in [0.2, 0.25) is 0 Å². The van der Waals surface area contributed by atoms with Crippen molar-refractivity contribution in [2.75, 3.05) is 39.3 Å². The Hall–Kier alpha value is -2.64. The molecule has 3 heterocycles. The Morgan fingerprint density at radius 3 is 2.67 bits per heavy atom. The van der Waals surface area contributed by atoms with Crippen LogP contribution in [-0.2, 0) is 0 Å². The molecule has 2 N–H and O–H groups in total. The Kier molecular flexibility index (Phi) is 5.22. The highest BCUT2D eigenvalue weighted by atomic mass is 32.1. The number of rotatable bonds is 5. The lowest BCUT2D eigenvalue weighted by Crippen LogP contribution is -2.50. The molecule has 1 aromatic carbocycles. The van der Waals surface area contributed by atoms with Crippen molar-refractivity contribution in [2.45, 2.75) is 0 Å². The number of piperazine rings is 1. The number of amides is 2. The second-order valence-electron chi connectivity index (χ2n) is 6.67. The molecule has 2 aromatic heterocycles. The fraction of sp³-hybridized carbons (Fsp3) is 0.300. The van der Waals surface area contributed by atoms with Gasteiger partial charge in [-0.1, -0.05) is 18.2 Å². The second-order valence-corrected chi connectivity index (χ2v) is 7.45. The zero-order valence-electron chi connectivity index (χ0n) is 15.0. The molecule has 0 saturated carbocycles. The van der Waals surface area contributed by atoms with Crippen molar-refractivity contribution in [3.8, 4) is 0 Å². The van der Waals surface area contributed by atoms with Gasteiger partial charge in [0, 0.05) is 55.6 Å². The van der Waals surface area contributed by atoms with Crippen molar-refractivity contribution in [3.05, 3.63) is 58.4 Å². The summed E-state index contributed by atoms with van der Waals surface area (Å²) >= 11 is 1.54. The number of aromatic nitrogens is 1. The number of aromatic amines is 1. The van der Waals surface area contributed by atoms with Crippen LogP contribution >= 0.6 is 11.3 Å². The molecule has 0 atom stereocenters. The zero-order chi connectivity index (χ0) is 18.6. The minimum absolute atomic E-state index is 0.0857. The number of thiophene rings is 1. The first-order valence-electron chi connectivity index (χ1n) is 9.10. The van der Waals surface area contributed by atoms with E-state index in [2.05, 4.69) is 15.2 Å². The third kappa shape index (κ3) is 4.04. The van der Waals surface area contributed by atoms with Crippen molar-refractivity contribution < 1.29 is 9.59 Å². The van der Waals surface area contributed by atoms with Gasteiger partial charge in [-0.05, 0) is 23.6 Å². The van der Waals surface area contributed by atoms with E-state index >= 15 is 0 Å². The van der Waals surface area contributed by atoms with E-state index in [0.29, 0.717) is 12.2 Å². The highest BCUT2D eigenvalue weighted by molar-refractivity contribution is 7.08. The Bertz CT molecular complexity index is 894. The van der Waals surface area contributed by atoms with E-state index in [-0.39, 0.29) is 11.8 Å². The molecule has 0 radical (unpaired) electrons. The molecule has 4 rings (SSSR count). The van der Waals surface area contributed by atoms with Crippen LogP contribution in [0.5, 0.6) is 0 Å². The minimum atomic E-state index is -0.0857. The largest absolute Gasteiger partial charge is 0.351 e. The molecular formula is C20H22N4O2S.